The van der Waals surface area contributed by atoms with E-state index in [1.54, 1.807) is 0 Å². The van der Waals surface area contributed by atoms with Crippen molar-refractivity contribution in [3.63, 3.8) is 0 Å². The molecule has 9 heteroatoms. The highest BCUT2D eigenvalue weighted by Crippen LogP contribution is 2.36. The molecule has 0 unspecified atom stereocenters. The molecule has 23 heavy (non-hydrogen) atoms. The number of benzene rings is 2. The van der Waals surface area contributed by atoms with E-state index in [9.17, 15) is 13.2 Å². The zero-order chi connectivity index (χ0) is 17.2. The summed E-state index contributed by atoms with van der Waals surface area (Å²) in [5.41, 5.74) is 0.0764. The van der Waals surface area contributed by atoms with Crippen LogP contribution in [0.5, 0.6) is 5.75 Å². The smallest absolute Gasteiger partial charge is 0.335 e. The molecular formula is C14H11BrClNO5S. The number of halogens is 2. The molecular weight excluding hydrogens is 410 g/mol. The van der Waals surface area contributed by atoms with Gasteiger partial charge in [-0.3, -0.25) is 4.72 Å². The lowest BCUT2D eigenvalue weighted by Gasteiger charge is -2.13. The van der Waals surface area contributed by atoms with E-state index in [0.717, 1.165) is 0 Å². The SMILES string of the molecule is COc1c(Br)cc(Cl)cc1S(=O)(=O)Nc1cccc(C(=O)O)c1. The highest BCUT2D eigenvalue weighted by molar-refractivity contribution is 9.10. The molecule has 0 aliphatic rings. The Morgan fingerprint density at radius 1 is 1.30 bits per heavy atom. The Hall–Kier alpha value is -1.77. The molecule has 0 saturated carbocycles. The van der Waals surface area contributed by atoms with Gasteiger partial charge in [-0.15, -0.1) is 0 Å². The van der Waals surface area contributed by atoms with Crippen molar-refractivity contribution < 1.29 is 23.1 Å². The second-order valence-corrected chi connectivity index (χ2v) is 7.35. The minimum absolute atomic E-state index is 0.0376. The van der Waals surface area contributed by atoms with Crippen LogP contribution in [-0.2, 0) is 10.0 Å². The van der Waals surface area contributed by atoms with Crippen LogP contribution in [0.3, 0.4) is 0 Å². The Balaban J connectivity index is 2.48. The minimum Gasteiger partial charge on any atom is -0.494 e. The van der Waals surface area contributed by atoms with Crippen molar-refractivity contribution in [3.05, 3.63) is 51.5 Å². The number of aromatic carboxylic acids is 1. The highest BCUT2D eigenvalue weighted by Gasteiger charge is 2.23. The molecule has 122 valence electrons. The van der Waals surface area contributed by atoms with Gasteiger partial charge < -0.3 is 9.84 Å². The molecule has 0 aromatic heterocycles. The van der Waals surface area contributed by atoms with E-state index >= 15 is 0 Å². The monoisotopic (exact) mass is 419 g/mol. The summed E-state index contributed by atoms with van der Waals surface area (Å²) in [5, 5.41) is 9.16. The number of hydrogen-bond acceptors (Lipinski definition) is 4. The molecule has 2 rings (SSSR count). The highest BCUT2D eigenvalue weighted by atomic mass is 79.9. The predicted octanol–water partition coefficient (Wildman–Crippen LogP) is 3.61. The summed E-state index contributed by atoms with van der Waals surface area (Å²) in [7, 11) is -2.69. The first kappa shape index (κ1) is 17.6. The van der Waals surface area contributed by atoms with Gasteiger partial charge in [-0.05, 0) is 46.3 Å². The van der Waals surface area contributed by atoms with Gasteiger partial charge in [0.05, 0.1) is 17.1 Å². The third kappa shape index (κ3) is 3.95. The standard InChI is InChI=1S/C14H11BrClNO5S/c1-22-13-11(15)6-9(16)7-12(13)23(20,21)17-10-4-2-3-8(5-10)14(18)19/h2-7,17H,1H3,(H,18,19). The third-order valence-corrected chi connectivity index (χ3v) is 5.02. The quantitative estimate of drug-likeness (QED) is 0.771. The average Bonchev–Trinajstić information content (AvgIpc) is 2.46. The van der Waals surface area contributed by atoms with Crippen molar-refractivity contribution in [1.29, 1.82) is 0 Å². The minimum atomic E-state index is -4.03. The number of ether oxygens (including phenoxy) is 1. The van der Waals surface area contributed by atoms with E-state index in [-0.39, 0.29) is 26.9 Å². The maximum Gasteiger partial charge on any atom is 0.335 e. The number of anilines is 1. The van der Waals surface area contributed by atoms with E-state index in [4.69, 9.17) is 21.4 Å². The maximum atomic E-state index is 12.5. The van der Waals surface area contributed by atoms with E-state index in [0.29, 0.717) is 4.47 Å². The molecule has 0 radical (unpaired) electrons. The summed E-state index contributed by atoms with van der Waals surface area (Å²) >= 11 is 9.09. The lowest BCUT2D eigenvalue weighted by Crippen LogP contribution is -2.14. The van der Waals surface area contributed by atoms with Crippen LogP contribution in [-0.4, -0.2) is 26.6 Å². The van der Waals surface area contributed by atoms with E-state index in [1.165, 1.54) is 43.5 Å². The summed E-state index contributed by atoms with van der Waals surface area (Å²) in [5.74, 6) is -1.06. The summed E-state index contributed by atoms with van der Waals surface area (Å²) in [6.45, 7) is 0. The van der Waals surface area contributed by atoms with Gasteiger partial charge in [0, 0.05) is 10.7 Å². The van der Waals surface area contributed by atoms with Gasteiger partial charge in [0.15, 0.2) is 5.75 Å². The normalized spacial score (nSPS) is 11.1. The molecule has 0 aliphatic heterocycles. The molecule has 2 aromatic carbocycles. The number of nitrogens with one attached hydrogen (secondary N) is 1. The second-order valence-electron chi connectivity index (χ2n) is 4.41. The van der Waals surface area contributed by atoms with Crippen LogP contribution in [0.15, 0.2) is 45.8 Å². The summed E-state index contributed by atoms with van der Waals surface area (Å²) in [6, 6.07) is 8.20. The molecule has 0 aliphatic carbocycles. The number of carboxylic acid groups (broad SMARTS) is 1. The van der Waals surface area contributed by atoms with Crippen molar-refractivity contribution >= 4 is 49.2 Å². The van der Waals surface area contributed by atoms with Crippen molar-refractivity contribution in [1.82, 2.24) is 0 Å². The fourth-order valence-electron chi connectivity index (χ4n) is 1.86. The Morgan fingerprint density at radius 3 is 2.61 bits per heavy atom. The Morgan fingerprint density at radius 2 is 2.00 bits per heavy atom. The molecule has 6 nitrogen and oxygen atoms in total. The zero-order valence-corrected chi connectivity index (χ0v) is 14.9. The molecule has 0 amide bonds. The van der Waals surface area contributed by atoms with Gasteiger partial charge in [-0.2, -0.15) is 0 Å². The van der Waals surface area contributed by atoms with Crippen molar-refractivity contribution in [2.75, 3.05) is 11.8 Å². The fraction of sp³-hybridized carbons (Fsp3) is 0.0714. The first-order valence-electron chi connectivity index (χ1n) is 6.14. The molecule has 0 saturated heterocycles. The van der Waals surface area contributed by atoms with Gasteiger partial charge >= 0.3 is 5.97 Å². The Kier molecular flexibility index (Phi) is 5.18. The van der Waals surface area contributed by atoms with Gasteiger partial charge in [0.2, 0.25) is 0 Å². The van der Waals surface area contributed by atoms with Gasteiger partial charge in [-0.25, -0.2) is 13.2 Å². The summed E-state index contributed by atoms with van der Waals surface area (Å²) in [4.78, 5) is 10.8. The van der Waals surface area contributed by atoms with Crippen molar-refractivity contribution in [3.8, 4) is 5.75 Å². The van der Waals surface area contributed by atoms with Crippen LogP contribution in [0.4, 0.5) is 5.69 Å². The zero-order valence-electron chi connectivity index (χ0n) is 11.7. The van der Waals surface area contributed by atoms with Crippen molar-refractivity contribution in [2.24, 2.45) is 0 Å². The molecule has 0 spiro atoms. The molecule has 0 bridgehead atoms. The fourth-order valence-corrected chi connectivity index (χ4v) is 4.30. The predicted molar refractivity (Wildman–Crippen MR) is 89.9 cm³/mol. The van der Waals surface area contributed by atoms with Crippen LogP contribution in [0.25, 0.3) is 0 Å². The molecule has 0 atom stereocenters. The molecule has 2 N–H and O–H groups in total. The topological polar surface area (TPSA) is 92.7 Å². The molecule has 2 aromatic rings. The second kappa shape index (κ2) is 6.77. The first-order valence-corrected chi connectivity index (χ1v) is 8.79. The molecule has 0 heterocycles. The third-order valence-electron chi connectivity index (χ3n) is 2.83. The largest absolute Gasteiger partial charge is 0.494 e. The Bertz CT molecular complexity index is 869. The van der Waals surface area contributed by atoms with Crippen LogP contribution >= 0.6 is 27.5 Å². The van der Waals surface area contributed by atoms with Crippen LogP contribution in [0.1, 0.15) is 10.4 Å². The van der Waals surface area contributed by atoms with Crippen LogP contribution in [0.2, 0.25) is 5.02 Å². The Labute approximate surface area is 146 Å². The lowest BCUT2D eigenvalue weighted by atomic mass is 10.2. The van der Waals surface area contributed by atoms with Crippen LogP contribution < -0.4 is 9.46 Å². The van der Waals surface area contributed by atoms with Gasteiger partial charge in [0.1, 0.15) is 4.90 Å². The maximum absolute atomic E-state index is 12.5. The van der Waals surface area contributed by atoms with Crippen molar-refractivity contribution in [2.45, 2.75) is 4.90 Å². The van der Waals surface area contributed by atoms with E-state index in [1.807, 2.05) is 0 Å². The van der Waals surface area contributed by atoms with E-state index in [2.05, 4.69) is 20.7 Å². The van der Waals surface area contributed by atoms with Gasteiger partial charge in [0.25, 0.3) is 10.0 Å². The summed E-state index contributed by atoms with van der Waals surface area (Å²) in [6.07, 6.45) is 0. The van der Waals surface area contributed by atoms with Gasteiger partial charge in [-0.1, -0.05) is 17.7 Å². The number of hydrogen-bond donors (Lipinski definition) is 2. The average molecular weight is 421 g/mol. The first-order chi connectivity index (χ1) is 10.7. The summed E-state index contributed by atoms with van der Waals surface area (Å²) < 4.78 is 32.9. The van der Waals surface area contributed by atoms with E-state index < -0.39 is 16.0 Å². The van der Waals surface area contributed by atoms with Crippen LogP contribution in [0, 0.1) is 0 Å². The number of rotatable bonds is 5. The number of carboxylic acids is 1. The lowest BCUT2D eigenvalue weighted by molar-refractivity contribution is 0.0697. The number of sulfonamides is 1. The number of methoxy groups -OCH3 is 1. The molecule has 0 fully saturated rings. The number of carbonyl (C=O) groups is 1.